The third-order valence-corrected chi connectivity index (χ3v) is 4.64. The largest absolute Gasteiger partial charge is 0.447 e. The Morgan fingerprint density at radius 3 is 2.35 bits per heavy atom. The summed E-state index contributed by atoms with van der Waals surface area (Å²) in [6.07, 6.45) is 2.89. The maximum Gasteiger partial charge on any atom is 0.416 e. The van der Waals surface area contributed by atoms with E-state index in [-0.39, 0.29) is 24.5 Å². The van der Waals surface area contributed by atoms with E-state index >= 15 is 0 Å². The fourth-order valence-corrected chi connectivity index (χ4v) is 3.33. The van der Waals surface area contributed by atoms with Gasteiger partial charge in [0.15, 0.2) is 0 Å². The second-order valence-corrected chi connectivity index (χ2v) is 6.54. The van der Waals surface area contributed by atoms with E-state index in [1.807, 2.05) is 60.7 Å². The summed E-state index contributed by atoms with van der Waals surface area (Å²) in [5.74, 6) is -0.504. The molecular formula is C22H23NO3. The second kappa shape index (κ2) is 8.48. The van der Waals surface area contributed by atoms with Crippen molar-refractivity contribution < 1.29 is 14.3 Å². The number of benzene rings is 2. The number of nitrogens with zero attached hydrogens (tertiary/aromatic N) is 1. The standard InChI is InChI=1S/C22H23NO3/c1-2-9-19(14-17-10-5-3-6-11-17)21(24)23-20(16-26-22(23)25)15-18-12-7-4-8-13-18/h2-8,10-13,19-20H,1,9,14-16H2. The maximum atomic E-state index is 13.1. The highest BCUT2D eigenvalue weighted by Crippen LogP contribution is 2.23. The lowest BCUT2D eigenvalue weighted by molar-refractivity contribution is -0.133. The van der Waals surface area contributed by atoms with Crippen molar-refractivity contribution >= 4 is 12.0 Å². The Hall–Kier alpha value is -2.88. The number of ether oxygens (including phenoxy) is 1. The number of rotatable bonds is 7. The summed E-state index contributed by atoms with van der Waals surface area (Å²) in [6, 6.07) is 19.4. The molecule has 0 bridgehead atoms. The molecule has 0 radical (unpaired) electrons. The van der Waals surface area contributed by atoms with Gasteiger partial charge in [-0.25, -0.2) is 9.69 Å². The molecule has 1 aliphatic rings. The molecule has 0 saturated carbocycles. The molecule has 3 rings (SSSR count). The summed E-state index contributed by atoms with van der Waals surface area (Å²) in [4.78, 5) is 26.7. The molecule has 2 aromatic rings. The van der Waals surface area contributed by atoms with Crippen LogP contribution in [0.4, 0.5) is 4.79 Å². The van der Waals surface area contributed by atoms with E-state index in [1.54, 1.807) is 6.08 Å². The number of cyclic esters (lactones) is 1. The molecule has 0 aromatic heterocycles. The van der Waals surface area contributed by atoms with Gasteiger partial charge in [-0.1, -0.05) is 66.7 Å². The Morgan fingerprint density at radius 2 is 1.73 bits per heavy atom. The van der Waals surface area contributed by atoms with E-state index in [4.69, 9.17) is 4.74 Å². The number of allylic oxidation sites excluding steroid dienone is 1. The highest BCUT2D eigenvalue weighted by Gasteiger charge is 2.40. The lowest BCUT2D eigenvalue weighted by atomic mass is 9.94. The molecule has 4 heteroatoms. The first-order valence-electron chi connectivity index (χ1n) is 8.87. The minimum atomic E-state index is -0.543. The van der Waals surface area contributed by atoms with Crippen LogP contribution in [-0.2, 0) is 22.4 Å². The summed E-state index contributed by atoms with van der Waals surface area (Å²) in [5.41, 5.74) is 2.15. The van der Waals surface area contributed by atoms with Crippen LogP contribution in [-0.4, -0.2) is 29.5 Å². The van der Waals surface area contributed by atoms with E-state index in [9.17, 15) is 9.59 Å². The summed E-state index contributed by atoms with van der Waals surface area (Å²) >= 11 is 0. The fraction of sp³-hybridized carbons (Fsp3) is 0.273. The van der Waals surface area contributed by atoms with Crippen LogP contribution >= 0.6 is 0 Å². The van der Waals surface area contributed by atoms with Crippen molar-refractivity contribution in [1.82, 2.24) is 4.90 Å². The first-order chi connectivity index (χ1) is 12.7. The van der Waals surface area contributed by atoms with Crippen molar-refractivity contribution in [1.29, 1.82) is 0 Å². The van der Waals surface area contributed by atoms with E-state index in [0.717, 1.165) is 11.1 Å². The van der Waals surface area contributed by atoms with Gasteiger partial charge in [0.05, 0.1) is 6.04 Å². The Labute approximate surface area is 154 Å². The third-order valence-electron chi connectivity index (χ3n) is 4.64. The van der Waals surface area contributed by atoms with Crippen LogP contribution in [0.5, 0.6) is 0 Å². The lowest BCUT2D eigenvalue weighted by Gasteiger charge is -2.24. The quantitative estimate of drug-likeness (QED) is 0.710. The average molecular weight is 349 g/mol. The number of hydrogen-bond acceptors (Lipinski definition) is 3. The molecule has 1 fully saturated rings. The minimum Gasteiger partial charge on any atom is -0.447 e. The number of imide groups is 1. The number of amides is 2. The van der Waals surface area contributed by atoms with E-state index in [1.165, 1.54) is 4.90 Å². The van der Waals surface area contributed by atoms with Gasteiger partial charge < -0.3 is 4.74 Å². The highest BCUT2D eigenvalue weighted by molar-refractivity contribution is 5.95. The molecule has 1 aliphatic heterocycles. The van der Waals surface area contributed by atoms with Crippen molar-refractivity contribution in [3.05, 3.63) is 84.4 Å². The van der Waals surface area contributed by atoms with Gasteiger partial charge in [-0.2, -0.15) is 0 Å². The van der Waals surface area contributed by atoms with Gasteiger partial charge >= 0.3 is 6.09 Å². The van der Waals surface area contributed by atoms with Crippen LogP contribution in [0.15, 0.2) is 73.3 Å². The van der Waals surface area contributed by atoms with Crippen LogP contribution in [0.25, 0.3) is 0 Å². The fourth-order valence-electron chi connectivity index (χ4n) is 3.33. The molecule has 0 aliphatic carbocycles. The highest BCUT2D eigenvalue weighted by atomic mass is 16.6. The van der Waals surface area contributed by atoms with Crippen molar-refractivity contribution in [3.63, 3.8) is 0 Å². The molecule has 2 atom stereocenters. The lowest BCUT2D eigenvalue weighted by Crippen LogP contribution is -2.44. The molecule has 134 valence electrons. The first kappa shape index (κ1) is 17.9. The summed E-state index contributed by atoms with van der Waals surface area (Å²) < 4.78 is 5.19. The Balaban J connectivity index is 1.77. The van der Waals surface area contributed by atoms with Crippen molar-refractivity contribution in [2.75, 3.05) is 6.61 Å². The zero-order chi connectivity index (χ0) is 18.4. The number of hydrogen-bond donors (Lipinski definition) is 0. The van der Waals surface area contributed by atoms with Gasteiger partial charge in [-0.15, -0.1) is 6.58 Å². The Kier molecular flexibility index (Phi) is 5.84. The molecule has 26 heavy (non-hydrogen) atoms. The van der Waals surface area contributed by atoms with Crippen LogP contribution < -0.4 is 0 Å². The predicted molar refractivity (Wildman–Crippen MR) is 101 cm³/mol. The molecule has 0 N–H and O–H groups in total. The Morgan fingerprint density at radius 1 is 1.12 bits per heavy atom. The topological polar surface area (TPSA) is 46.6 Å². The van der Waals surface area contributed by atoms with Gasteiger partial charge in [0.25, 0.3) is 0 Å². The van der Waals surface area contributed by atoms with Crippen molar-refractivity contribution in [3.8, 4) is 0 Å². The van der Waals surface area contributed by atoms with Crippen LogP contribution in [0, 0.1) is 5.92 Å². The molecule has 2 amide bonds. The first-order valence-corrected chi connectivity index (χ1v) is 8.87. The Bertz CT molecular complexity index is 757. The van der Waals surface area contributed by atoms with Gasteiger partial charge in [0.1, 0.15) is 6.61 Å². The van der Waals surface area contributed by atoms with E-state index < -0.39 is 6.09 Å². The van der Waals surface area contributed by atoms with Crippen molar-refractivity contribution in [2.24, 2.45) is 5.92 Å². The second-order valence-electron chi connectivity index (χ2n) is 6.54. The predicted octanol–water partition coefficient (Wildman–Crippen LogP) is 4.01. The average Bonchev–Trinajstić information content (AvgIpc) is 3.02. The van der Waals surface area contributed by atoms with Gasteiger partial charge in [0.2, 0.25) is 5.91 Å². The molecule has 2 aromatic carbocycles. The van der Waals surface area contributed by atoms with Gasteiger partial charge in [0, 0.05) is 5.92 Å². The molecule has 1 heterocycles. The number of carbonyl (C=O) groups is 2. The zero-order valence-electron chi connectivity index (χ0n) is 14.7. The molecular weight excluding hydrogens is 326 g/mol. The monoisotopic (exact) mass is 349 g/mol. The third kappa shape index (κ3) is 4.20. The van der Waals surface area contributed by atoms with Crippen molar-refractivity contribution in [2.45, 2.75) is 25.3 Å². The summed E-state index contributed by atoms with van der Waals surface area (Å²) in [6.45, 7) is 4.01. The van der Waals surface area contributed by atoms with Crippen LogP contribution in [0.2, 0.25) is 0 Å². The smallest absolute Gasteiger partial charge is 0.416 e. The summed E-state index contributed by atoms with van der Waals surface area (Å²) in [5, 5.41) is 0. The van der Waals surface area contributed by atoms with E-state index in [0.29, 0.717) is 19.3 Å². The van der Waals surface area contributed by atoms with E-state index in [2.05, 4.69) is 6.58 Å². The normalized spacial score (nSPS) is 17.6. The molecule has 4 nitrogen and oxygen atoms in total. The molecule has 0 spiro atoms. The molecule has 1 saturated heterocycles. The van der Waals surface area contributed by atoms with Gasteiger partial charge in [-0.05, 0) is 30.4 Å². The maximum absolute atomic E-state index is 13.1. The van der Waals surface area contributed by atoms with Crippen LogP contribution in [0.1, 0.15) is 17.5 Å². The SMILES string of the molecule is C=CCC(Cc1ccccc1)C(=O)N1C(=O)OCC1Cc1ccccc1. The molecule has 2 unspecified atom stereocenters. The van der Waals surface area contributed by atoms with Gasteiger partial charge in [-0.3, -0.25) is 4.79 Å². The van der Waals surface area contributed by atoms with Crippen LogP contribution in [0.3, 0.4) is 0 Å². The zero-order valence-corrected chi connectivity index (χ0v) is 14.7. The minimum absolute atomic E-state index is 0.183. The summed E-state index contributed by atoms with van der Waals surface area (Å²) in [7, 11) is 0. The number of carbonyl (C=O) groups excluding carboxylic acids is 2.